The van der Waals surface area contributed by atoms with Gasteiger partial charge in [0.25, 0.3) is 5.56 Å². The summed E-state index contributed by atoms with van der Waals surface area (Å²) < 4.78 is 3.01. The Hall–Kier alpha value is -1.91. The van der Waals surface area contributed by atoms with Crippen LogP contribution in [0.4, 0.5) is 0 Å². The first-order valence-electron chi connectivity index (χ1n) is 6.31. The molecular formula is C13H15N3O2. The topological polar surface area (TPSA) is 56.4 Å². The predicted molar refractivity (Wildman–Crippen MR) is 66.4 cm³/mol. The fourth-order valence-corrected chi connectivity index (χ4v) is 2.63. The number of carbonyl (C=O) groups is 1. The maximum atomic E-state index is 12.1. The van der Waals surface area contributed by atoms with E-state index in [0.29, 0.717) is 5.52 Å². The Labute approximate surface area is 104 Å². The number of fused-ring (bicyclic) bond motifs is 1. The summed E-state index contributed by atoms with van der Waals surface area (Å²) in [5.74, 6) is 0.330. The summed E-state index contributed by atoms with van der Waals surface area (Å²) >= 11 is 0. The van der Waals surface area contributed by atoms with Gasteiger partial charge in [-0.05, 0) is 18.9 Å². The molecular weight excluding hydrogens is 230 g/mol. The zero-order valence-corrected chi connectivity index (χ0v) is 10.1. The number of nitrogens with zero attached hydrogens (tertiary/aromatic N) is 3. The molecule has 5 nitrogen and oxygen atoms in total. The highest BCUT2D eigenvalue weighted by Gasteiger charge is 2.22. The smallest absolute Gasteiger partial charge is 0.276 e. The van der Waals surface area contributed by atoms with Crippen LogP contribution in [0.1, 0.15) is 25.7 Å². The minimum atomic E-state index is -0.152. The van der Waals surface area contributed by atoms with Crippen LogP contribution < -0.4 is 5.56 Å². The van der Waals surface area contributed by atoms with Gasteiger partial charge in [-0.25, -0.2) is 4.52 Å². The Morgan fingerprint density at radius 1 is 1.33 bits per heavy atom. The molecule has 0 amide bonds. The van der Waals surface area contributed by atoms with Crippen LogP contribution in [0.5, 0.6) is 0 Å². The second-order valence-electron chi connectivity index (χ2n) is 4.84. The van der Waals surface area contributed by atoms with E-state index in [2.05, 4.69) is 5.10 Å². The molecule has 3 rings (SSSR count). The van der Waals surface area contributed by atoms with Crippen molar-refractivity contribution in [1.29, 1.82) is 0 Å². The van der Waals surface area contributed by atoms with Crippen molar-refractivity contribution in [2.24, 2.45) is 5.92 Å². The van der Waals surface area contributed by atoms with E-state index in [-0.39, 0.29) is 23.8 Å². The van der Waals surface area contributed by atoms with E-state index in [4.69, 9.17) is 0 Å². The lowest BCUT2D eigenvalue weighted by Crippen LogP contribution is -2.27. The van der Waals surface area contributed by atoms with Gasteiger partial charge in [-0.2, -0.15) is 5.10 Å². The summed E-state index contributed by atoms with van der Waals surface area (Å²) in [4.78, 5) is 24.1. The van der Waals surface area contributed by atoms with Gasteiger partial charge in [0.15, 0.2) is 5.78 Å². The van der Waals surface area contributed by atoms with E-state index in [1.165, 1.54) is 9.08 Å². The van der Waals surface area contributed by atoms with E-state index >= 15 is 0 Å². The minimum Gasteiger partial charge on any atom is -0.305 e. The Balaban J connectivity index is 1.88. The highest BCUT2D eigenvalue weighted by atomic mass is 16.1. The summed E-state index contributed by atoms with van der Waals surface area (Å²) in [5.41, 5.74) is 0.359. The average molecular weight is 245 g/mol. The van der Waals surface area contributed by atoms with Gasteiger partial charge in [0.1, 0.15) is 5.52 Å². The van der Waals surface area contributed by atoms with Gasteiger partial charge in [-0.3, -0.25) is 9.59 Å². The molecule has 1 aliphatic rings. The molecule has 0 spiro atoms. The lowest BCUT2D eigenvalue weighted by Gasteiger charge is -2.09. The van der Waals surface area contributed by atoms with E-state index in [1.54, 1.807) is 24.7 Å². The van der Waals surface area contributed by atoms with Gasteiger partial charge in [-0.15, -0.1) is 0 Å². The molecule has 0 N–H and O–H groups in total. The monoisotopic (exact) mass is 245 g/mol. The van der Waals surface area contributed by atoms with Gasteiger partial charge >= 0.3 is 0 Å². The number of rotatable bonds is 3. The summed E-state index contributed by atoms with van der Waals surface area (Å²) in [6, 6.07) is 1.67. The Bertz CT molecular complexity index is 635. The molecule has 5 heteroatoms. The van der Waals surface area contributed by atoms with Crippen molar-refractivity contribution in [2.75, 3.05) is 0 Å². The average Bonchev–Trinajstić information content (AvgIpc) is 3.02. The van der Waals surface area contributed by atoms with Crippen LogP contribution in [-0.2, 0) is 11.3 Å². The van der Waals surface area contributed by atoms with E-state index < -0.39 is 0 Å². The van der Waals surface area contributed by atoms with Crippen LogP contribution >= 0.6 is 0 Å². The highest BCUT2D eigenvalue weighted by molar-refractivity contribution is 5.81. The molecule has 0 radical (unpaired) electrons. The van der Waals surface area contributed by atoms with Crippen LogP contribution in [0, 0.1) is 5.92 Å². The van der Waals surface area contributed by atoms with Gasteiger partial charge in [0.05, 0.1) is 12.7 Å². The molecule has 1 aliphatic carbocycles. The molecule has 18 heavy (non-hydrogen) atoms. The first-order chi connectivity index (χ1) is 8.75. The third-order valence-electron chi connectivity index (χ3n) is 3.67. The Morgan fingerprint density at radius 3 is 2.89 bits per heavy atom. The third kappa shape index (κ3) is 1.85. The van der Waals surface area contributed by atoms with Crippen molar-refractivity contribution in [3.05, 3.63) is 35.0 Å². The quantitative estimate of drug-likeness (QED) is 0.818. The van der Waals surface area contributed by atoms with Crippen LogP contribution in [0.3, 0.4) is 0 Å². The molecule has 1 fully saturated rings. The summed E-state index contributed by atoms with van der Waals surface area (Å²) in [6.45, 7) is 0.186. The zero-order valence-electron chi connectivity index (χ0n) is 10.1. The van der Waals surface area contributed by atoms with Crippen LogP contribution in [0.25, 0.3) is 5.52 Å². The number of aromatic nitrogens is 3. The standard InChI is InChI=1S/C13H15N3O2/c17-12(10-3-1-2-4-10)9-15-7-8-16-11(13(15)18)5-6-14-16/h5-8,10H,1-4,9H2. The lowest BCUT2D eigenvalue weighted by molar-refractivity contribution is -0.123. The summed E-state index contributed by atoms with van der Waals surface area (Å²) in [6.07, 6.45) is 9.14. The molecule has 1 saturated carbocycles. The molecule has 2 aromatic rings. The van der Waals surface area contributed by atoms with E-state index in [0.717, 1.165) is 25.7 Å². The fourth-order valence-electron chi connectivity index (χ4n) is 2.63. The highest BCUT2D eigenvalue weighted by Crippen LogP contribution is 2.25. The van der Waals surface area contributed by atoms with Crippen LogP contribution in [0.15, 0.2) is 29.5 Å². The first kappa shape index (κ1) is 11.2. The first-order valence-corrected chi connectivity index (χ1v) is 6.31. The SMILES string of the molecule is O=C(Cn1ccn2nccc2c1=O)C1CCCC1. The lowest BCUT2D eigenvalue weighted by atomic mass is 10.0. The van der Waals surface area contributed by atoms with Gasteiger partial charge in [-0.1, -0.05) is 12.8 Å². The maximum Gasteiger partial charge on any atom is 0.276 e. The molecule has 0 aromatic carbocycles. The van der Waals surface area contributed by atoms with Crippen molar-refractivity contribution < 1.29 is 4.79 Å². The number of carbonyl (C=O) groups excluding carboxylic acids is 1. The Kier molecular flexibility index (Phi) is 2.74. The van der Waals surface area contributed by atoms with Crippen LogP contribution in [0.2, 0.25) is 0 Å². The molecule has 0 aliphatic heterocycles. The van der Waals surface area contributed by atoms with Crippen molar-refractivity contribution in [3.63, 3.8) is 0 Å². The fraction of sp³-hybridized carbons (Fsp3) is 0.462. The van der Waals surface area contributed by atoms with E-state index in [9.17, 15) is 9.59 Å². The number of Topliss-reactive ketones (excluding diaryl/α,β-unsaturated/α-hetero) is 1. The third-order valence-corrected chi connectivity index (χ3v) is 3.67. The van der Waals surface area contributed by atoms with Crippen molar-refractivity contribution in [3.8, 4) is 0 Å². The predicted octanol–water partition coefficient (Wildman–Crippen LogP) is 1.26. The molecule has 94 valence electrons. The van der Waals surface area contributed by atoms with Crippen molar-refractivity contribution in [1.82, 2.24) is 14.2 Å². The Morgan fingerprint density at radius 2 is 2.11 bits per heavy atom. The number of ketones is 1. The number of hydrogen-bond donors (Lipinski definition) is 0. The normalized spacial score (nSPS) is 16.4. The molecule has 0 atom stereocenters. The number of hydrogen-bond acceptors (Lipinski definition) is 3. The summed E-state index contributed by atoms with van der Waals surface area (Å²) in [7, 11) is 0. The minimum absolute atomic E-state index is 0.151. The maximum absolute atomic E-state index is 12.1. The van der Waals surface area contributed by atoms with Crippen molar-refractivity contribution in [2.45, 2.75) is 32.2 Å². The van der Waals surface area contributed by atoms with Gasteiger partial charge < -0.3 is 4.57 Å². The molecule has 2 heterocycles. The van der Waals surface area contributed by atoms with Gasteiger partial charge in [0, 0.05) is 18.3 Å². The second-order valence-corrected chi connectivity index (χ2v) is 4.84. The van der Waals surface area contributed by atoms with Crippen molar-refractivity contribution >= 4 is 11.3 Å². The largest absolute Gasteiger partial charge is 0.305 e. The van der Waals surface area contributed by atoms with Crippen LogP contribution in [-0.4, -0.2) is 20.0 Å². The molecule has 2 aromatic heterocycles. The van der Waals surface area contributed by atoms with Gasteiger partial charge in [0.2, 0.25) is 0 Å². The molecule has 0 unspecified atom stereocenters. The molecule has 0 saturated heterocycles. The molecule has 0 bridgehead atoms. The zero-order chi connectivity index (χ0) is 12.5. The second kappa shape index (κ2) is 4.40. The van der Waals surface area contributed by atoms with E-state index in [1.807, 2.05) is 0 Å². The summed E-state index contributed by atoms with van der Waals surface area (Å²) in [5, 5.41) is 4.00.